The first-order valence-electron chi connectivity index (χ1n) is 6.90. The van der Waals surface area contributed by atoms with Crippen molar-refractivity contribution in [3.8, 4) is 0 Å². The van der Waals surface area contributed by atoms with E-state index in [1.165, 1.54) is 5.52 Å². The molecule has 2 unspecified atom stereocenters. The van der Waals surface area contributed by atoms with E-state index in [9.17, 15) is 0 Å². The van der Waals surface area contributed by atoms with E-state index >= 15 is 0 Å². The molecule has 1 heterocycles. The molecule has 1 aromatic carbocycles. The molecule has 2 rings (SSSR count). The molecule has 98 valence electrons. The van der Waals surface area contributed by atoms with Crippen molar-refractivity contribution >= 4 is 11.0 Å². The van der Waals surface area contributed by atoms with Gasteiger partial charge in [0, 0.05) is 18.5 Å². The Balaban J connectivity index is 2.54. The highest BCUT2D eigenvalue weighted by molar-refractivity contribution is 5.76. The van der Waals surface area contributed by atoms with Crippen LogP contribution in [0.3, 0.4) is 0 Å². The third-order valence-corrected chi connectivity index (χ3v) is 3.64. The molecule has 0 amide bonds. The molecule has 0 saturated heterocycles. The summed E-state index contributed by atoms with van der Waals surface area (Å²) in [6.45, 7) is 6.52. The van der Waals surface area contributed by atoms with E-state index in [1.54, 1.807) is 0 Å². The maximum Gasteiger partial charge on any atom is 0.110 e. The minimum absolute atomic E-state index is 0.179. The molecule has 0 saturated carbocycles. The van der Waals surface area contributed by atoms with Gasteiger partial charge in [0.05, 0.1) is 11.0 Å². The molecule has 0 aliphatic rings. The normalized spacial score (nSPS) is 14.9. The van der Waals surface area contributed by atoms with Crippen molar-refractivity contribution in [2.75, 3.05) is 0 Å². The number of benzene rings is 1. The van der Waals surface area contributed by atoms with Crippen LogP contribution in [0.15, 0.2) is 24.3 Å². The number of hydrogen-bond donors (Lipinski definition) is 1. The fourth-order valence-corrected chi connectivity index (χ4v) is 2.48. The van der Waals surface area contributed by atoms with Crippen molar-refractivity contribution < 1.29 is 0 Å². The number of aromatic nitrogens is 2. The lowest BCUT2D eigenvalue weighted by Gasteiger charge is -2.23. The van der Waals surface area contributed by atoms with Gasteiger partial charge in [0.2, 0.25) is 0 Å². The number of fused-ring (bicyclic) bond motifs is 1. The third-order valence-electron chi connectivity index (χ3n) is 3.64. The lowest BCUT2D eigenvalue weighted by atomic mass is 10.1. The molecule has 0 bridgehead atoms. The Morgan fingerprint density at radius 3 is 2.67 bits per heavy atom. The van der Waals surface area contributed by atoms with Gasteiger partial charge < -0.3 is 10.3 Å². The summed E-state index contributed by atoms with van der Waals surface area (Å²) in [6.07, 6.45) is 3.10. The van der Waals surface area contributed by atoms with E-state index in [1.807, 2.05) is 6.07 Å². The Bertz CT molecular complexity index is 515. The van der Waals surface area contributed by atoms with Gasteiger partial charge in [-0.05, 0) is 31.9 Å². The summed E-state index contributed by atoms with van der Waals surface area (Å²) in [7, 11) is 0. The fourth-order valence-electron chi connectivity index (χ4n) is 2.48. The monoisotopic (exact) mass is 245 g/mol. The van der Waals surface area contributed by atoms with E-state index < -0.39 is 0 Å². The molecule has 1 aromatic heterocycles. The van der Waals surface area contributed by atoms with Crippen LogP contribution in [-0.4, -0.2) is 15.6 Å². The molecular formula is C15H23N3. The average molecular weight is 245 g/mol. The molecule has 0 aliphatic carbocycles. The van der Waals surface area contributed by atoms with Gasteiger partial charge in [-0.2, -0.15) is 0 Å². The number of para-hydroxylation sites is 2. The summed E-state index contributed by atoms with van der Waals surface area (Å²) >= 11 is 0. The minimum atomic E-state index is 0.179. The molecule has 2 N–H and O–H groups in total. The van der Waals surface area contributed by atoms with E-state index in [0.29, 0.717) is 6.04 Å². The second kappa shape index (κ2) is 5.53. The largest absolute Gasteiger partial charge is 0.326 e. The number of nitrogens with zero attached hydrogens (tertiary/aromatic N) is 2. The van der Waals surface area contributed by atoms with E-state index in [0.717, 1.165) is 30.6 Å². The first-order chi connectivity index (χ1) is 8.69. The smallest absolute Gasteiger partial charge is 0.110 e. The minimum Gasteiger partial charge on any atom is -0.326 e. The third kappa shape index (κ3) is 2.27. The van der Waals surface area contributed by atoms with Crippen molar-refractivity contribution in [3.05, 3.63) is 30.1 Å². The zero-order valence-electron chi connectivity index (χ0n) is 11.6. The SMILES string of the molecule is CCCc1nc2ccccc2n1C(C)C(N)CC. The van der Waals surface area contributed by atoms with Crippen LogP contribution in [0.2, 0.25) is 0 Å². The summed E-state index contributed by atoms with van der Waals surface area (Å²) < 4.78 is 2.33. The number of nitrogens with two attached hydrogens (primary N) is 1. The molecule has 18 heavy (non-hydrogen) atoms. The fraction of sp³-hybridized carbons (Fsp3) is 0.533. The molecular weight excluding hydrogens is 222 g/mol. The summed E-state index contributed by atoms with van der Waals surface area (Å²) in [5.41, 5.74) is 8.50. The topological polar surface area (TPSA) is 43.8 Å². The number of hydrogen-bond acceptors (Lipinski definition) is 2. The van der Waals surface area contributed by atoms with Gasteiger partial charge in [-0.25, -0.2) is 4.98 Å². The van der Waals surface area contributed by atoms with Crippen LogP contribution in [0.1, 0.15) is 45.5 Å². The summed E-state index contributed by atoms with van der Waals surface area (Å²) in [4.78, 5) is 4.75. The van der Waals surface area contributed by atoms with Gasteiger partial charge in [0.25, 0.3) is 0 Å². The van der Waals surface area contributed by atoms with Crippen LogP contribution < -0.4 is 5.73 Å². The molecule has 2 aromatic rings. The lowest BCUT2D eigenvalue weighted by Crippen LogP contribution is -2.30. The Hall–Kier alpha value is -1.35. The Morgan fingerprint density at radius 1 is 1.28 bits per heavy atom. The predicted octanol–water partition coefficient (Wildman–Crippen LogP) is 3.29. The predicted molar refractivity (Wildman–Crippen MR) is 76.7 cm³/mol. The Morgan fingerprint density at radius 2 is 2.00 bits per heavy atom. The first kappa shape index (κ1) is 13.1. The van der Waals surface area contributed by atoms with Crippen molar-refractivity contribution in [1.82, 2.24) is 9.55 Å². The highest BCUT2D eigenvalue weighted by Gasteiger charge is 2.19. The molecule has 3 heteroatoms. The summed E-state index contributed by atoms with van der Waals surface area (Å²) in [5, 5.41) is 0. The molecule has 3 nitrogen and oxygen atoms in total. The van der Waals surface area contributed by atoms with Crippen LogP contribution in [-0.2, 0) is 6.42 Å². The second-order valence-corrected chi connectivity index (χ2v) is 4.95. The van der Waals surface area contributed by atoms with Gasteiger partial charge in [0.15, 0.2) is 0 Å². The Labute approximate surface area is 109 Å². The molecule has 0 spiro atoms. The van der Waals surface area contributed by atoms with Gasteiger partial charge in [-0.1, -0.05) is 26.0 Å². The van der Waals surface area contributed by atoms with Gasteiger partial charge in [-0.15, -0.1) is 0 Å². The van der Waals surface area contributed by atoms with Crippen molar-refractivity contribution in [3.63, 3.8) is 0 Å². The maximum absolute atomic E-state index is 6.22. The lowest BCUT2D eigenvalue weighted by molar-refractivity contribution is 0.427. The zero-order chi connectivity index (χ0) is 13.1. The number of imidazole rings is 1. The van der Waals surface area contributed by atoms with Gasteiger partial charge >= 0.3 is 0 Å². The van der Waals surface area contributed by atoms with Crippen LogP contribution in [0.25, 0.3) is 11.0 Å². The van der Waals surface area contributed by atoms with Crippen molar-refractivity contribution in [1.29, 1.82) is 0 Å². The zero-order valence-corrected chi connectivity index (χ0v) is 11.6. The average Bonchev–Trinajstić information content (AvgIpc) is 2.75. The number of rotatable bonds is 5. The molecule has 0 fully saturated rings. The van der Waals surface area contributed by atoms with E-state index in [-0.39, 0.29) is 6.04 Å². The van der Waals surface area contributed by atoms with Gasteiger partial charge in [0.1, 0.15) is 5.82 Å². The highest BCUT2D eigenvalue weighted by atomic mass is 15.1. The maximum atomic E-state index is 6.22. The van der Waals surface area contributed by atoms with E-state index in [4.69, 9.17) is 10.7 Å². The standard InChI is InChI=1S/C15H23N3/c1-4-8-15-17-13-9-6-7-10-14(13)18(15)11(3)12(16)5-2/h6-7,9-12H,4-5,8,16H2,1-3H3. The molecule has 2 atom stereocenters. The summed E-state index contributed by atoms with van der Waals surface area (Å²) in [6, 6.07) is 8.80. The van der Waals surface area contributed by atoms with Crippen LogP contribution >= 0.6 is 0 Å². The van der Waals surface area contributed by atoms with Crippen LogP contribution in [0, 0.1) is 0 Å². The van der Waals surface area contributed by atoms with Crippen LogP contribution in [0.5, 0.6) is 0 Å². The quantitative estimate of drug-likeness (QED) is 0.878. The van der Waals surface area contributed by atoms with Gasteiger partial charge in [-0.3, -0.25) is 0 Å². The van der Waals surface area contributed by atoms with E-state index in [2.05, 4.69) is 43.5 Å². The molecule has 0 radical (unpaired) electrons. The Kier molecular flexibility index (Phi) is 4.02. The molecule has 0 aliphatic heterocycles. The summed E-state index contributed by atoms with van der Waals surface area (Å²) in [5.74, 6) is 1.16. The number of aryl methyl sites for hydroxylation is 1. The first-order valence-corrected chi connectivity index (χ1v) is 6.90. The second-order valence-electron chi connectivity index (χ2n) is 4.95. The van der Waals surface area contributed by atoms with Crippen molar-refractivity contribution in [2.45, 2.75) is 52.1 Å². The van der Waals surface area contributed by atoms with Crippen LogP contribution in [0.4, 0.5) is 0 Å². The highest BCUT2D eigenvalue weighted by Crippen LogP contribution is 2.24. The van der Waals surface area contributed by atoms with Crippen molar-refractivity contribution in [2.24, 2.45) is 5.73 Å².